The lowest BCUT2D eigenvalue weighted by Crippen LogP contribution is -2.18. The van der Waals surface area contributed by atoms with E-state index in [0.29, 0.717) is 23.3 Å². The zero-order valence-electron chi connectivity index (χ0n) is 17.8. The number of nitrogens with one attached hydrogen (secondary N) is 1. The summed E-state index contributed by atoms with van der Waals surface area (Å²) < 4.78 is 11.6. The maximum Gasteiger partial charge on any atom is 0.351 e. The summed E-state index contributed by atoms with van der Waals surface area (Å²) in [6, 6.07) is 15.2. The summed E-state index contributed by atoms with van der Waals surface area (Å²) in [5, 5.41) is 13.4. The van der Waals surface area contributed by atoms with Crippen molar-refractivity contribution in [3.8, 4) is 11.8 Å². The maximum atomic E-state index is 12.6. The van der Waals surface area contributed by atoms with Gasteiger partial charge in [-0.1, -0.05) is 55.4 Å². The molecule has 0 atom stereocenters. The Morgan fingerprint density at radius 1 is 1.22 bits per heavy atom. The van der Waals surface area contributed by atoms with Crippen LogP contribution in [0.1, 0.15) is 37.3 Å². The van der Waals surface area contributed by atoms with Crippen LogP contribution in [0.3, 0.4) is 0 Å². The van der Waals surface area contributed by atoms with Gasteiger partial charge in [-0.05, 0) is 24.6 Å². The third-order valence-corrected chi connectivity index (χ3v) is 5.95. The van der Waals surface area contributed by atoms with Gasteiger partial charge in [0, 0.05) is 11.1 Å². The largest absolute Gasteiger partial charge is 0.497 e. The Kier molecular flexibility index (Phi) is 6.47. The number of hydrogen-bond acceptors (Lipinski definition) is 7. The standard InChI is InChI=1S/C24H22N4O3S/c1-3-4-7-12-31-23(29)18(14-25)21-16-8-5-6-9-17(16)22(27-21)28-24-26-19-11-10-15(30-2)13-20(19)32-24/h5-6,8-11,13H,3-4,7,12H2,1-2H3,(H,26,27,28)/b21-18-. The predicted octanol–water partition coefficient (Wildman–Crippen LogP) is 4.95. The van der Waals surface area contributed by atoms with Crippen LogP contribution in [0.2, 0.25) is 0 Å². The van der Waals surface area contributed by atoms with E-state index in [4.69, 9.17) is 9.47 Å². The molecular weight excluding hydrogens is 424 g/mol. The molecule has 0 saturated heterocycles. The second-order valence-corrected chi connectivity index (χ2v) is 8.18. The van der Waals surface area contributed by atoms with Crippen LogP contribution in [0.25, 0.3) is 15.9 Å². The molecule has 0 fully saturated rings. The van der Waals surface area contributed by atoms with Crippen molar-refractivity contribution in [3.63, 3.8) is 0 Å². The van der Waals surface area contributed by atoms with Gasteiger partial charge in [0.2, 0.25) is 5.13 Å². The van der Waals surface area contributed by atoms with Crippen LogP contribution >= 0.6 is 11.3 Å². The fourth-order valence-electron chi connectivity index (χ4n) is 3.40. The van der Waals surface area contributed by atoms with Crippen molar-refractivity contribution >= 4 is 44.2 Å². The number of aliphatic imine (C=N–C) groups is 1. The first kappa shape index (κ1) is 21.5. The minimum atomic E-state index is -0.630. The molecule has 0 spiro atoms. The number of thiazole rings is 1. The van der Waals surface area contributed by atoms with Gasteiger partial charge in [-0.15, -0.1) is 0 Å². The third kappa shape index (κ3) is 4.34. The van der Waals surface area contributed by atoms with Gasteiger partial charge in [0.15, 0.2) is 5.57 Å². The summed E-state index contributed by atoms with van der Waals surface area (Å²) in [5.41, 5.74) is 2.70. The molecule has 0 unspecified atom stereocenters. The number of hydrogen-bond donors (Lipinski definition) is 1. The molecule has 4 rings (SSSR count). The number of unbranched alkanes of at least 4 members (excludes halogenated alkanes) is 2. The number of amidine groups is 1. The number of carbonyl (C=O) groups is 1. The number of esters is 1. The highest BCUT2D eigenvalue weighted by molar-refractivity contribution is 7.22. The Hall–Kier alpha value is -3.70. The van der Waals surface area contributed by atoms with Crippen LogP contribution in [0.4, 0.5) is 5.13 Å². The Labute approximate surface area is 190 Å². The van der Waals surface area contributed by atoms with Gasteiger partial charge in [-0.2, -0.15) is 5.26 Å². The molecule has 8 heteroatoms. The molecule has 32 heavy (non-hydrogen) atoms. The SMILES string of the molecule is CCCCCOC(=O)/C(C#N)=C1\NC(=Nc2nc3ccc(OC)cc3s2)c2ccccc21. The second-order valence-electron chi connectivity index (χ2n) is 7.17. The summed E-state index contributed by atoms with van der Waals surface area (Å²) in [7, 11) is 1.62. The van der Waals surface area contributed by atoms with Crippen molar-refractivity contribution in [1.29, 1.82) is 5.26 Å². The van der Waals surface area contributed by atoms with E-state index in [9.17, 15) is 10.1 Å². The van der Waals surface area contributed by atoms with Crippen molar-refractivity contribution in [3.05, 3.63) is 59.2 Å². The van der Waals surface area contributed by atoms with Gasteiger partial charge in [-0.25, -0.2) is 14.8 Å². The summed E-state index contributed by atoms with van der Waals surface area (Å²) in [6.45, 7) is 2.37. The number of carbonyl (C=O) groups excluding carboxylic acids is 1. The van der Waals surface area contributed by atoms with Crippen LogP contribution in [-0.4, -0.2) is 30.5 Å². The lowest BCUT2D eigenvalue weighted by molar-refractivity contribution is -0.138. The van der Waals surface area contributed by atoms with Crippen LogP contribution in [-0.2, 0) is 9.53 Å². The summed E-state index contributed by atoms with van der Waals surface area (Å²) in [6.07, 6.45) is 2.77. The highest BCUT2D eigenvalue weighted by atomic mass is 32.1. The van der Waals surface area contributed by atoms with E-state index in [0.717, 1.165) is 46.4 Å². The fraction of sp³-hybridized carbons (Fsp3) is 0.250. The first-order valence-electron chi connectivity index (χ1n) is 10.4. The minimum absolute atomic E-state index is 0.0619. The average molecular weight is 447 g/mol. The van der Waals surface area contributed by atoms with Gasteiger partial charge < -0.3 is 14.8 Å². The number of fused-ring (bicyclic) bond motifs is 2. The van der Waals surface area contributed by atoms with Crippen LogP contribution in [0, 0.1) is 11.3 Å². The van der Waals surface area contributed by atoms with Crippen molar-refractivity contribution in [2.24, 2.45) is 4.99 Å². The van der Waals surface area contributed by atoms with Crippen molar-refractivity contribution in [2.45, 2.75) is 26.2 Å². The summed E-state index contributed by atoms with van der Waals surface area (Å²) >= 11 is 1.43. The Balaban J connectivity index is 1.68. The van der Waals surface area contributed by atoms with E-state index >= 15 is 0 Å². The molecule has 3 aromatic rings. The Morgan fingerprint density at radius 2 is 2.03 bits per heavy atom. The second kappa shape index (κ2) is 9.62. The molecule has 0 bridgehead atoms. The summed E-state index contributed by atoms with van der Waals surface area (Å²) in [5.74, 6) is 0.661. The Bertz CT molecular complexity index is 1270. The maximum absolute atomic E-state index is 12.6. The molecule has 7 nitrogen and oxygen atoms in total. The molecule has 1 aliphatic rings. The van der Waals surface area contributed by atoms with E-state index in [1.807, 2.05) is 48.5 Å². The average Bonchev–Trinajstić information content (AvgIpc) is 3.38. The van der Waals surface area contributed by atoms with Gasteiger partial charge >= 0.3 is 5.97 Å². The summed E-state index contributed by atoms with van der Waals surface area (Å²) in [4.78, 5) is 21.8. The molecule has 0 saturated carbocycles. The van der Waals surface area contributed by atoms with Gasteiger partial charge in [-0.3, -0.25) is 0 Å². The van der Waals surface area contributed by atoms with Crippen LogP contribution in [0.5, 0.6) is 5.75 Å². The quantitative estimate of drug-likeness (QED) is 0.239. The van der Waals surface area contributed by atoms with E-state index in [1.165, 1.54) is 11.3 Å². The molecule has 0 aliphatic carbocycles. The van der Waals surface area contributed by atoms with E-state index in [1.54, 1.807) is 7.11 Å². The molecule has 2 aromatic carbocycles. The first-order chi connectivity index (χ1) is 15.6. The molecule has 1 N–H and O–H groups in total. The topological polar surface area (TPSA) is 96.6 Å². The van der Waals surface area contributed by atoms with E-state index < -0.39 is 5.97 Å². The monoisotopic (exact) mass is 446 g/mol. The van der Waals surface area contributed by atoms with Crippen molar-refractivity contribution < 1.29 is 14.3 Å². The number of nitriles is 1. The van der Waals surface area contributed by atoms with Crippen molar-refractivity contribution in [1.82, 2.24) is 10.3 Å². The highest BCUT2D eigenvalue weighted by Gasteiger charge is 2.28. The van der Waals surface area contributed by atoms with Crippen LogP contribution in [0.15, 0.2) is 53.0 Å². The molecule has 1 aliphatic heterocycles. The number of ether oxygens (including phenoxy) is 2. The Morgan fingerprint density at radius 3 is 2.78 bits per heavy atom. The number of nitrogens with zero attached hydrogens (tertiary/aromatic N) is 3. The zero-order valence-corrected chi connectivity index (χ0v) is 18.7. The number of aromatic nitrogens is 1. The van der Waals surface area contributed by atoms with Gasteiger partial charge in [0.1, 0.15) is 17.7 Å². The minimum Gasteiger partial charge on any atom is -0.497 e. The highest BCUT2D eigenvalue weighted by Crippen LogP contribution is 2.33. The fourth-order valence-corrected chi connectivity index (χ4v) is 4.27. The molecule has 0 amide bonds. The smallest absolute Gasteiger partial charge is 0.351 e. The van der Waals surface area contributed by atoms with Crippen LogP contribution < -0.4 is 10.1 Å². The van der Waals surface area contributed by atoms with Gasteiger partial charge in [0.25, 0.3) is 0 Å². The normalized spacial score (nSPS) is 15.2. The first-order valence-corrected chi connectivity index (χ1v) is 11.2. The van der Waals surface area contributed by atoms with E-state index in [2.05, 4.69) is 22.2 Å². The number of benzene rings is 2. The van der Waals surface area contributed by atoms with E-state index in [-0.39, 0.29) is 5.57 Å². The van der Waals surface area contributed by atoms with Crippen molar-refractivity contribution in [2.75, 3.05) is 13.7 Å². The molecule has 1 aromatic heterocycles. The lowest BCUT2D eigenvalue weighted by atomic mass is 10.1. The molecular formula is C24H22N4O3S. The molecule has 0 radical (unpaired) electrons. The predicted molar refractivity (Wildman–Crippen MR) is 125 cm³/mol. The number of rotatable bonds is 7. The lowest BCUT2D eigenvalue weighted by Gasteiger charge is -2.06. The molecule has 162 valence electrons. The molecule has 2 heterocycles. The number of methoxy groups -OCH3 is 1. The zero-order chi connectivity index (χ0) is 22.5. The third-order valence-electron chi connectivity index (χ3n) is 5.03. The van der Waals surface area contributed by atoms with Gasteiger partial charge in [0.05, 0.1) is 29.6 Å².